The minimum absolute atomic E-state index is 0.595. The van der Waals surface area contributed by atoms with Crippen LogP contribution in [0.15, 0.2) is 24.3 Å². The third kappa shape index (κ3) is 2.35. The van der Waals surface area contributed by atoms with Gasteiger partial charge in [-0.15, -0.1) is 0 Å². The van der Waals surface area contributed by atoms with Gasteiger partial charge in [0.1, 0.15) is 0 Å². The molecule has 0 saturated heterocycles. The first-order valence-corrected chi connectivity index (χ1v) is 6.09. The van der Waals surface area contributed by atoms with Crippen molar-refractivity contribution in [3.63, 3.8) is 0 Å². The summed E-state index contributed by atoms with van der Waals surface area (Å²) in [6.45, 7) is 1.04. The van der Waals surface area contributed by atoms with E-state index in [0.29, 0.717) is 5.92 Å². The maximum absolute atomic E-state index is 6.25. The second-order valence-electron chi connectivity index (χ2n) is 4.38. The van der Waals surface area contributed by atoms with Crippen LogP contribution in [-0.4, -0.2) is 13.6 Å². The summed E-state index contributed by atoms with van der Waals surface area (Å²) in [6, 6.07) is 8.26. The van der Waals surface area contributed by atoms with Gasteiger partial charge in [0.2, 0.25) is 0 Å². The summed E-state index contributed by atoms with van der Waals surface area (Å²) in [5.74, 6) is 1.43. The van der Waals surface area contributed by atoms with Crippen molar-refractivity contribution in [1.82, 2.24) is 5.32 Å². The molecule has 0 bridgehead atoms. The van der Waals surface area contributed by atoms with E-state index in [4.69, 9.17) is 11.6 Å². The normalized spacial score (nSPS) is 18.5. The summed E-state index contributed by atoms with van der Waals surface area (Å²) in [6.07, 6.45) is 4.10. The molecule has 0 spiro atoms. The van der Waals surface area contributed by atoms with Crippen LogP contribution in [0.3, 0.4) is 0 Å². The van der Waals surface area contributed by atoms with E-state index in [0.717, 1.165) is 17.5 Å². The van der Waals surface area contributed by atoms with Crippen LogP contribution in [0.25, 0.3) is 0 Å². The lowest BCUT2D eigenvalue weighted by molar-refractivity contribution is 0.257. The van der Waals surface area contributed by atoms with Gasteiger partial charge in [-0.1, -0.05) is 36.2 Å². The van der Waals surface area contributed by atoms with Gasteiger partial charge in [0.15, 0.2) is 0 Å². The highest BCUT2D eigenvalue weighted by atomic mass is 35.5. The number of halogens is 1. The van der Waals surface area contributed by atoms with E-state index in [-0.39, 0.29) is 0 Å². The molecule has 2 rings (SSSR count). The second kappa shape index (κ2) is 5.00. The molecule has 1 atom stereocenters. The first-order valence-electron chi connectivity index (χ1n) is 5.72. The standard InChI is InChI=1S/C13H18ClN/c1-15-9-12(10-5-4-6-10)11-7-2-3-8-13(11)14/h2-3,7-8,10,12,15H,4-6,9H2,1H3. The van der Waals surface area contributed by atoms with Crippen molar-refractivity contribution in [3.8, 4) is 0 Å². The summed E-state index contributed by atoms with van der Waals surface area (Å²) >= 11 is 6.25. The van der Waals surface area contributed by atoms with E-state index in [1.54, 1.807) is 0 Å². The molecule has 0 radical (unpaired) electrons. The Bertz CT molecular complexity index is 320. The van der Waals surface area contributed by atoms with Crippen LogP contribution >= 0.6 is 11.6 Å². The van der Waals surface area contributed by atoms with Gasteiger partial charge in [-0.25, -0.2) is 0 Å². The molecule has 1 N–H and O–H groups in total. The molecule has 1 aliphatic rings. The van der Waals surface area contributed by atoms with Gasteiger partial charge in [-0.2, -0.15) is 0 Å². The molecular formula is C13H18ClN. The minimum Gasteiger partial charge on any atom is -0.319 e. The largest absolute Gasteiger partial charge is 0.319 e. The Balaban J connectivity index is 2.19. The number of hydrogen-bond acceptors (Lipinski definition) is 1. The summed E-state index contributed by atoms with van der Waals surface area (Å²) in [7, 11) is 2.02. The highest BCUT2D eigenvalue weighted by Gasteiger charge is 2.28. The molecule has 1 unspecified atom stereocenters. The van der Waals surface area contributed by atoms with Crippen molar-refractivity contribution >= 4 is 11.6 Å². The molecule has 1 nitrogen and oxygen atoms in total. The van der Waals surface area contributed by atoms with Crippen LogP contribution in [0, 0.1) is 5.92 Å². The Hall–Kier alpha value is -0.530. The first kappa shape index (κ1) is 11.0. The van der Waals surface area contributed by atoms with Gasteiger partial charge in [-0.05, 0) is 37.4 Å². The second-order valence-corrected chi connectivity index (χ2v) is 4.78. The number of hydrogen-bond donors (Lipinski definition) is 1. The Morgan fingerprint density at radius 2 is 2.13 bits per heavy atom. The molecular weight excluding hydrogens is 206 g/mol. The van der Waals surface area contributed by atoms with Gasteiger partial charge in [0, 0.05) is 17.5 Å². The maximum Gasteiger partial charge on any atom is 0.0441 e. The van der Waals surface area contributed by atoms with Crippen molar-refractivity contribution in [1.29, 1.82) is 0 Å². The van der Waals surface area contributed by atoms with Crippen LogP contribution in [-0.2, 0) is 0 Å². The Labute approximate surface area is 96.8 Å². The molecule has 0 amide bonds. The zero-order chi connectivity index (χ0) is 10.7. The summed E-state index contributed by atoms with van der Waals surface area (Å²) in [5.41, 5.74) is 1.32. The highest BCUT2D eigenvalue weighted by Crippen LogP contribution is 2.40. The van der Waals surface area contributed by atoms with Crippen LogP contribution in [0.1, 0.15) is 30.7 Å². The van der Waals surface area contributed by atoms with E-state index < -0.39 is 0 Å². The molecule has 1 saturated carbocycles. The van der Waals surface area contributed by atoms with E-state index in [2.05, 4.69) is 17.4 Å². The van der Waals surface area contributed by atoms with Crippen molar-refractivity contribution < 1.29 is 0 Å². The van der Waals surface area contributed by atoms with Crippen molar-refractivity contribution in [2.24, 2.45) is 5.92 Å². The lowest BCUT2D eigenvalue weighted by atomic mass is 9.73. The fourth-order valence-electron chi connectivity index (χ4n) is 2.37. The van der Waals surface area contributed by atoms with Gasteiger partial charge in [-0.3, -0.25) is 0 Å². The number of benzene rings is 1. The first-order chi connectivity index (χ1) is 7.33. The lowest BCUT2D eigenvalue weighted by Crippen LogP contribution is -2.28. The van der Waals surface area contributed by atoms with Crippen LogP contribution in [0.4, 0.5) is 0 Å². The molecule has 1 fully saturated rings. The van der Waals surface area contributed by atoms with Crippen LogP contribution in [0.5, 0.6) is 0 Å². The number of rotatable bonds is 4. The Morgan fingerprint density at radius 3 is 2.67 bits per heavy atom. The topological polar surface area (TPSA) is 12.0 Å². The molecule has 0 aromatic heterocycles. The maximum atomic E-state index is 6.25. The molecule has 15 heavy (non-hydrogen) atoms. The predicted molar refractivity (Wildman–Crippen MR) is 65.5 cm³/mol. The smallest absolute Gasteiger partial charge is 0.0441 e. The van der Waals surface area contributed by atoms with Gasteiger partial charge < -0.3 is 5.32 Å². The molecule has 82 valence electrons. The van der Waals surface area contributed by atoms with E-state index in [1.165, 1.54) is 24.8 Å². The lowest BCUT2D eigenvalue weighted by Gasteiger charge is -2.34. The third-order valence-corrected chi connectivity index (χ3v) is 3.79. The van der Waals surface area contributed by atoms with Crippen molar-refractivity contribution in [2.45, 2.75) is 25.2 Å². The molecule has 0 heterocycles. The van der Waals surface area contributed by atoms with E-state index in [1.807, 2.05) is 19.2 Å². The van der Waals surface area contributed by atoms with Gasteiger partial charge in [0.05, 0.1) is 0 Å². The van der Waals surface area contributed by atoms with E-state index in [9.17, 15) is 0 Å². The number of likely N-dealkylation sites (N-methyl/N-ethyl adjacent to an activating group) is 1. The minimum atomic E-state index is 0.595. The zero-order valence-electron chi connectivity index (χ0n) is 9.17. The van der Waals surface area contributed by atoms with Crippen LogP contribution in [0.2, 0.25) is 5.02 Å². The quantitative estimate of drug-likeness (QED) is 0.825. The molecule has 0 aliphatic heterocycles. The molecule has 2 heteroatoms. The average molecular weight is 224 g/mol. The predicted octanol–water partition coefficient (Wildman–Crippen LogP) is 3.44. The monoisotopic (exact) mass is 223 g/mol. The molecule has 1 aliphatic carbocycles. The fraction of sp³-hybridized carbons (Fsp3) is 0.538. The summed E-state index contributed by atoms with van der Waals surface area (Å²) in [4.78, 5) is 0. The van der Waals surface area contributed by atoms with Crippen LogP contribution < -0.4 is 5.32 Å². The SMILES string of the molecule is CNCC(c1ccccc1Cl)C1CCC1. The molecule has 1 aromatic carbocycles. The van der Waals surface area contributed by atoms with Gasteiger partial charge in [0.25, 0.3) is 0 Å². The highest BCUT2D eigenvalue weighted by molar-refractivity contribution is 6.31. The summed E-state index contributed by atoms with van der Waals surface area (Å²) in [5, 5.41) is 4.20. The Morgan fingerprint density at radius 1 is 1.40 bits per heavy atom. The van der Waals surface area contributed by atoms with Crippen molar-refractivity contribution in [2.75, 3.05) is 13.6 Å². The average Bonchev–Trinajstić information content (AvgIpc) is 2.15. The van der Waals surface area contributed by atoms with E-state index >= 15 is 0 Å². The Kier molecular flexibility index (Phi) is 3.66. The zero-order valence-corrected chi connectivity index (χ0v) is 9.93. The number of nitrogens with one attached hydrogen (secondary N) is 1. The summed E-state index contributed by atoms with van der Waals surface area (Å²) < 4.78 is 0. The fourth-order valence-corrected chi connectivity index (χ4v) is 2.64. The van der Waals surface area contributed by atoms with Gasteiger partial charge >= 0.3 is 0 Å². The van der Waals surface area contributed by atoms with Crippen molar-refractivity contribution in [3.05, 3.63) is 34.9 Å². The third-order valence-electron chi connectivity index (χ3n) is 3.45. The molecule has 1 aromatic rings.